The highest BCUT2D eigenvalue weighted by Crippen LogP contribution is 2.37. The van der Waals surface area contributed by atoms with Gasteiger partial charge in [0.2, 0.25) is 0 Å². The Morgan fingerprint density at radius 1 is 1.27 bits per heavy atom. The Morgan fingerprint density at radius 2 is 2.09 bits per heavy atom. The van der Waals surface area contributed by atoms with Gasteiger partial charge >= 0.3 is 0 Å². The average molecular weight is 335 g/mol. The minimum Gasteiger partial charge on any atom is -0.333 e. The number of fused-ring (bicyclic) bond motifs is 1. The van der Waals surface area contributed by atoms with Gasteiger partial charge in [-0.15, -0.1) is 11.3 Å². The maximum atomic E-state index is 6.12. The molecule has 0 saturated heterocycles. The van der Waals surface area contributed by atoms with Gasteiger partial charge in [-0.25, -0.2) is 4.98 Å². The third kappa shape index (κ3) is 2.51. The minimum atomic E-state index is 0.319. The van der Waals surface area contributed by atoms with Gasteiger partial charge in [0.15, 0.2) is 5.82 Å². The van der Waals surface area contributed by atoms with Crippen LogP contribution in [-0.2, 0) is 0 Å². The lowest BCUT2D eigenvalue weighted by Gasteiger charge is -2.23. The molecule has 1 aliphatic rings. The van der Waals surface area contributed by atoms with Crippen LogP contribution in [0.15, 0.2) is 22.9 Å². The van der Waals surface area contributed by atoms with Crippen molar-refractivity contribution in [3.63, 3.8) is 0 Å². The van der Waals surface area contributed by atoms with E-state index in [2.05, 4.69) is 15.1 Å². The normalized spacial score (nSPS) is 22.3. The first-order valence-corrected chi connectivity index (χ1v) is 8.54. The number of nitrogens with zero attached hydrogens (tertiary/aromatic N) is 3. The second-order valence-electron chi connectivity index (χ2n) is 5.70. The van der Waals surface area contributed by atoms with E-state index in [1.807, 2.05) is 12.1 Å². The van der Waals surface area contributed by atoms with E-state index in [1.165, 1.54) is 11.3 Å². The second-order valence-corrected chi connectivity index (χ2v) is 7.11. The molecule has 0 unspecified atom stereocenters. The lowest BCUT2D eigenvalue weighted by Crippen LogP contribution is -2.26. The van der Waals surface area contributed by atoms with Gasteiger partial charge in [0.05, 0.1) is 9.58 Å². The number of hydrogen-bond acceptors (Lipinski definition) is 6. The Hall–Kier alpha value is -1.50. The van der Waals surface area contributed by atoms with Crippen molar-refractivity contribution in [1.82, 2.24) is 15.1 Å². The van der Waals surface area contributed by atoms with Crippen molar-refractivity contribution >= 4 is 33.0 Å². The number of nitrogens with two attached hydrogens (primary N) is 1. The van der Waals surface area contributed by atoms with Crippen LogP contribution in [0.4, 0.5) is 0 Å². The topological polar surface area (TPSA) is 77.8 Å². The zero-order valence-corrected chi connectivity index (χ0v) is 13.4. The molecule has 3 aromatic rings. The minimum absolute atomic E-state index is 0.319. The van der Waals surface area contributed by atoms with Gasteiger partial charge in [-0.3, -0.25) is 0 Å². The molecule has 2 N–H and O–H groups in total. The molecule has 0 amide bonds. The first-order valence-electron chi connectivity index (χ1n) is 7.34. The van der Waals surface area contributed by atoms with Crippen LogP contribution in [0.2, 0.25) is 5.15 Å². The predicted molar refractivity (Wildman–Crippen MR) is 87.1 cm³/mol. The Labute approximate surface area is 136 Å². The molecule has 22 heavy (non-hydrogen) atoms. The second kappa shape index (κ2) is 5.61. The summed E-state index contributed by atoms with van der Waals surface area (Å²) in [7, 11) is 0. The fraction of sp³-hybridized carbons (Fsp3) is 0.400. The van der Waals surface area contributed by atoms with Crippen LogP contribution in [0.3, 0.4) is 0 Å². The summed E-state index contributed by atoms with van der Waals surface area (Å²) in [6.45, 7) is 0. The molecule has 0 spiro atoms. The smallest absolute Gasteiger partial charge is 0.268 e. The maximum Gasteiger partial charge on any atom is 0.268 e. The summed E-state index contributed by atoms with van der Waals surface area (Å²) < 4.78 is 6.40. The number of hydrogen-bond donors (Lipinski definition) is 1. The van der Waals surface area contributed by atoms with Crippen molar-refractivity contribution in [2.45, 2.75) is 37.6 Å². The Balaban J connectivity index is 1.64. The summed E-state index contributed by atoms with van der Waals surface area (Å²) >= 11 is 7.65. The Bertz CT molecular complexity index is 807. The number of thiophene rings is 1. The Morgan fingerprint density at radius 3 is 2.86 bits per heavy atom. The van der Waals surface area contributed by atoms with E-state index >= 15 is 0 Å². The molecule has 7 heteroatoms. The van der Waals surface area contributed by atoms with Gasteiger partial charge in [-0.05, 0) is 43.2 Å². The van der Waals surface area contributed by atoms with Crippen molar-refractivity contribution in [3.05, 3.63) is 29.3 Å². The highest BCUT2D eigenvalue weighted by molar-refractivity contribution is 7.22. The van der Waals surface area contributed by atoms with Crippen molar-refractivity contribution in [2.24, 2.45) is 5.73 Å². The monoisotopic (exact) mass is 334 g/mol. The molecular formula is C15H15ClN4OS. The lowest BCUT2D eigenvalue weighted by molar-refractivity contribution is 0.363. The third-order valence-corrected chi connectivity index (χ3v) is 5.72. The average Bonchev–Trinajstić information content (AvgIpc) is 3.15. The van der Waals surface area contributed by atoms with E-state index in [9.17, 15) is 0 Å². The zero-order chi connectivity index (χ0) is 15.1. The van der Waals surface area contributed by atoms with Gasteiger partial charge < -0.3 is 10.3 Å². The van der Waals surface area contributed by atoms with Gasteiger partial charge in [0, 0.05) is 18.2 Å². The summed E-state index contributed by atoms with van der Waals surface area (Å²) in [4.78, 5) is 9.61. The summed E-state index contributed by atoms with van der Waals surface area (Å²) in [6, 6.07) is 4.27. The highest BCUT2D eigenvalue weighted by atomic mass is 35.5. The predicted octanol–water partition coefficient (Wildman–Crippen LogP) is 3.98. The van der Waals surface area contributed by atoms with Crippen LogP contribution in [0.25, 0.3) is 20.9 Å². The maximum absolute atomic E-state index is 6.12. The molecule has 1 saturated carbocycles. The molecule has 5 nitrogen and oxygen atoms in total. The number of aromatic nitrogens is 3. The first-order chi connectivity index (χ1) is 10.7. The third-order valence-electron chi connectivity index (χ3n) is 4.18. The first kappa shape index (κ1) is 14.1. The lowest BCUT2D eigenvalue weighted by atomic mass is 9.86. The number of rotatable bonds is 2. The quantitative estimate of drug-likeness (QED) is 0.717. The van der Waals surface area contributed by atoms with Crippen molar-refractivity contribution in [2.75, 3.05) is 0 Å². The molecule has 0 radical (unpaired) electrons. The summed E-state index contributed by atoms with van der Waals surface area (Å²) in [5.41, 5.74) is 5.95. The van der Waals surface area contributed by atoms with E-state index in [4.69, 9.17) is 21.9 Å². The van der Waals surface area contributed by atoms with E-state index in [0.29, 0.717) is 23.0 Å². The summed E-state index contributed by atoms with van der Waals surface area (Å²) in [6.07, 6.45) is 5.81. The molecule has 3 heterocycles. The number of pyridine rings is 1. The fourth-order valence-corrected chi connectivity index (χ4v) is 4.15. The largest absolute Gasteiger partial charge is 0.333 e. The molecule has 0 atom stereocenters. The van der Waals surface area contributed by atoms with Crippen molar-refractivity contribution in [1.29, 1.82) is 0 Å². The van der Waals surface area contributed by atoms with Crippen LogP contribution >= 0.6 is 22.9 Å². The van der Waals surface area contributed by atoms with Crippen LogP contribution in [0, 0.1) is 0 Å². The molecule has 0 aromatic carbocycles. The van der Waals surface area contributed by atoms with E-state index in [1.54, 1.807) is 6.20 Å². The van der Waals surface area contributed by atoms with Crippen molar-refractivity contribution < 1.29 is 4.52 Å². The Kier molecular flexibility index (Phi) is 3.60. The molecule has 1 fully saturated rings. The molecule has 3 aromatic heterocycles. The molecule has 114 valence electrons. The van der Waals surface area contributed by atoms with Gasteiger partial charge in [0.25, 0.3) is 5.89 Å². The summed E-state index contributed by atoms with van der Waals surface area (Å²) in [5.74, 6) is 1.71. The zero-order valence-electron chi connectivity index (χ0n) is 11.8. The van der Waals surface area contributed by atoms with Crippen LogP contribution in [0.1, 0.15) is 37.4 Å². The van der Waals surface area contributed by atoms with Crippen LogP contribution < -0.4 is 5.73 Å². The molecule has 0 aliphatic heterocycles. The van der Waals surface area contributed by atoms with E-state index in [-0.39, 0.29) is 0 Å². The molecule has 0 bridgehead atoms. The molecule has 4 rings (SSSR count). The van der Waals surface area contributed by atoms with Gasteiger partial charge in [-0.2, -0.15) is 4.98 Å². The van der Waals surface area contributed by atoms with Gasteiger partial charge in [0.1, 0.15) is 5.15 Å². The fourth-order valence-electron chi connectivity index (χ4n) is 2.92. The molecule has 1 aliphatic carbocycles. The summed E-state index contributed by atoms with van der Waals surface area (Å²) in [5, 5.41) is 5.72. The van der Waals surface area contributed by atoms with Crippen molar-refractivity contribution in [3.8, 4) is 10.8 Å². The molecular weight excluding hydrogens is 320 g/mol. The van der Waals surface area contributed by atoms with E-state index < -0.39 is 0 Å². The van der Waals surface area contributed by atoms with Gasteiger partial charge in [-0.1, -0.05) is 16.8 Å². The standard InChI is InChI=1S/C15H15ClN4OS/c16-13-12-9(5-6-18-13)7-11(22-12)15-19-14(20-21-15)8-1-3-10(17)4-2-8/h5-8,10H,1-4,17H2. The SMILES string of the molecule is NC1CCC(c2noc(-c3cc4ccnc(Cl)c4s3)n2)CC1. The highest BCUT2D eigenvalue weighted by Gasteiger charge is 2.25. The van der Waals surface area contributed by atoms with Crippen LogP contribution in [-0.4, -0.2) is 21.2 Å². The van der Waals surface area contributed by atoms with Crippen LogP contribution in [0.5, 0.6) is 0 Å². The number of halogens is 1. The van der Waals surface area contributed by atoms with E-state index in [0.717, 1.165) is 46.5 Å².